The van der Waals surface area contributed by atoms with E-state index in [2.05, 4.69) is 10.3 Å². The monoisotopic (exact) mass is 218 g/mol. The van der Waals surface area contributed by atoms with Gasteiger partial charge >= 0.3 is 0 Å². The first-order chi connectivity index (χ1) is 7.63. The van der Waals surface area contributed by atoms with Crippen LogP contribution in [0.2, 0.25) is 0 Å². The molecule has 1 aromatic rings. The Bertz CT molecular complexity index is 411. The van der Waals surface area contributed by atoms with Crippen LogP contribution in [0.3, 0.4) is 0 Å². The molecule has 0 bridgehead atoms. The summed E-state index contributed by atoms with van der Waals surface area (Å²) in [5.41, 5.74) is 6.30. The number of nitrogens with zero attached hydrogens (tertiary/aromatic N) is 2. The molecular weight excluding hydrogens is 204 g/mol. The van der Waals surface area contributed by atoms with Gasteiger partial charge in [-0.05, 0) is 13.0 Å². The first kappa shape index (κ1) is 12.1. The number of carbonyl (C=O) groups excluding carboxylic acids is 1. The molecule has 1 amide bonds. The van der Waals surface area contributed by atoms with E-state index in [0.717, 1.165) is 5.56 Å². The Balaban J connectivity index is 2.55. The highest BCUT2D eigenvalue weighted by Gasteiger charge is 2.07. The van der Waals surface area contributed by atoms with E-state index in [1.165, 1.54) is 0 Å². The van der Waals surface area contributed by atoms with Crippen molar-refractivity contribution < 1.29 is 4.79 Å². The molecule has 1 aromatic heterocycles. The first-order valence-corrected chi connectivity index (χ1v) is 4.99. The molecule has 0 aliphatic carbocycles. The van der Waals surface area contributed by atoms with Crippen LogP contribution in [0.1, 0.15) is 24.6 Å². The van der Waals surface area contributed by atoms with Crippen LogP contribution in [-0.4, -0.2) is 16.9 Å². The van der Waals surface area contributed by atoms with Gasteiger partial charge in [0.25, 0.3) is 0 Å². The van der Waals surface area contributed by atoms with E-state index >= 15 is 0 Å². The first-order valence-electron chi connectivity index (χ1n) is 4.99. The maximum Gasteiger partial charge on any atom is 0.218 e. The van der Waals surface area contributed by atoms with Crippen LogP contribution in [0, 0.1) is 11.3 Å². The number of hydrogen-bond donors (Lipinski definition) is 2. The van der Waals surface area contributed by atoms with Crippen molar-refractivity contribution in [3.63, 3.8) is 0 Å². The summed E-state index contributed by atoms with van der Waals surface area (Å²) in [5, 5.41) is 11.9. The van der Waals surface area contributed by atoms with Gasteiger partial charge in [0.2, 0.25) is 5.91 Å². The molecular formula is C11H14N4O. The van der Waals surface area contributed by atoms with Crippen molar-refractivity contribution in [2.45, 2.75) is 25.9 Å². The molecule has 0 radical (unpaired) electrons. The Morgan fingerprint density at radius 2 is 2.50 bits per heavy atom. The van der Waals surface area contributed by atoms with E-state index in [1.54, 1.807) is 12.3 Å². The van der Waals surface area contributed by atoms with Gasteiger partial charge in [0.15, 0.2) is 0 Å². The third-order valence-corrected chi connectivity index (χ3v) is 2.15. The van der Waals surface area contributed by atoms with Crippen molar-refractivity contribution in [3.8, 4) is 6.07 Å². The minimum atomic E-state index is -0.341. The number of amides is 1. The maximum absolute atomic E-state index is 10.7. The van der Waals surface area contributed by atoms with Gasteiger partial charge < -0.3 is 11.1 Å². The number of pyridine rings is 1. The van der Waals surface area contributed by atoms with E-state index in [0.29, 0.717) is 12.2 Å². The molecule has 0 spiro atoms. The smallest absolute Gasteiger partial charge is 0.218 e. The van der Waals surface area contributed by atoms with Crippen LogP contribution in [0.25, 0.3) is 0 Å². The molecule has 1 rings (SSSR count). The van der Waals surface area contributed by atoms with Crippen LogP contribution in [0.15, 0.2) is 18.3 Å². The van der Waals surface area contributed by atoms with Crippen LogP contribution < -0.4 is 11.1 Å². The van der Waals surface area contributed by atoms with Crippen molar-refractivity contribution in [1.82, 2.24) is 10.3 Å². The van der Waals surface area contributed by atoms with Gasteiger partial charge in [0.1, 0.15) is 11.8 Å². The zero-order valence-corrected chi connectivity index (χ0v) is 9.10. The summed E-state index contributed by atoms with van der Waals surface area (Å²) in [6, 6.07) is 5.61. The van der Waals surface area contributed by atoms with E-state index in [1.807, 2.05) is 19.1 Å². The normalized spacial score (nSPS) is 11.8. The van der Waals surface area contributed by atoms with E-state index in [4.69, 9.17) is 11.0 Å². The topological polar surface area (TPSA) is 91.8 Å². The Hall–Kier alpha value is -1.93. The number of nitrogens with two attached hydrogens (primary N) is 1. The molecule has 0 saturated heterocycles. The Morgan fingerprint density at radius 1 is 1.75 bits per heavy atom. The molecule has 0 fully saturated rings. The van der Waals surface area contributed by atoms with E-state index in [9.17, 15) is 4.79 Å². The van der Waals surface area contributed by atoms with Gasteiger partial charge in [0, 0.05) is 30.8 Å². The molecule has 5 nitrogen and oxygen atoms in total. The number of aromatic nitrogens is 1. The van der Waals surface area contributed by atoms with Gasteiger partial charge in [0.05, 0.1) is 0 Å². The summed E-state index contributed by atoms with van der Waals surface area (Å²) in [6.07, 6.45) is 1.86. The lowest BCUT2D eigenvalue weighted by molar-refractivity contribution is -0.118. The molecule has 1 heterocycles. The molecule has 0 aliphatic rings. The third kappa shape index (κ3) is 3.67. The SMILES string of the molecule is CC(CC(N)=O)NCc1cccnc1C#N. The van der Waals surface area contributed by atoms with Crippen molar-refractivity contribution >= 4 is 5.91 Å². The fourth-order valence-corrected chi connectivity index (χ4v) is 1.34. The summed E-state index contributed by atoms with van der Waals surface area (Å²) in [4.78, 5) is 14.6. The highest BCUT2D eigenvalue weighted by atomic mass is 16.1. The van der Waals surface area contributed by atoms with Gasteiger partial charge in [-0.3, -0.25) is 4.79 Å². The van der Waals surface area contributed by atoms with Crippen LogP contribution in [0.5, 0.6) is 0 Å². The minimum Gasteiger partial charge on any atom is -0.370 e. The van der Waals surface area contributed by atoms with Crippen LogP contribution in [0.4, 0.5) is 0 Å². The largest absolute Gasteiger partial charge is 0.370 e. The average Bonchev–Trinajstić information content (AvgIpc) is 2.26. The summed E-state index contributed by atoms with van der Waals surface area (Å²) in [5.74, 6) is -0.341. The van der Waals surface area contributed by atoms with Crippen molar-refractivity contribution in [2.24, 2.45) is 5.73 Å². The number of carbonyl (C=O) groups is 1. The van der Waals surface area contributed by atoms with Gasteiger partial charge in [-0.25, -0.2) is 4.98 Å². The van der Waals surface area contributed by atoms with Crippen molar-refractivity contribution in [2.75, 3.05) is 0 Å². The Kier molecular flexibility index (Phi) is 4.42. The number of nitrogens with one attached hydrogen (secondary N) is 1. The van der Waals surface area contributed by atoms with Gasteiger partial charge in [-0.1, -0.05) is 6.07 Å². The van der Waals surface area contributed by atoms with Crippen LogP contribution >= 0.6 is 0 Å². The average molecular weight is 218 g/mol. The van der Waals surface area contributed by atoms with Gasteiger partial charge in [-0.15, -0.1) is 0 Å². The second kappa shape index (κ2) is 5.83. The Morgan fingerprint density at radius 3 is 3.12 bits per heavy atom. The van der Waals surface area contributed by atoms with E-state index in [-0.39, 0.29) is 18.4 Å². The zero-order valence-electron chi connectivity index (χ0n) is 9.10. The summed E-state index contributed by atoms with van der Waals surface area (Å²) in [6.45, 7) is 2.37. The molecule has 0 aliphatic heterocycles. The second-order valence-corrected chi connectivity index (χ2v) is 3.58. The molecule has 84 valence electrons. The van der Waals surface area contributed by atoms with Gasteiger partial charge in [-0.2, -0.15) is 5.26 Å². The summed E-state index contributed by atoms with van der Waals surface area (Å²) >= 11 is 0. The summed E-state index contributed by atoms with van der Waals surface area (Å²) < 4.78 is 0. The molecule has 0 aromatic carbocycles. The lowest BCUT2D eigenvalue weighted by Crippen LogP contribution is -2.30. The molecule has 16 heavy (non-hydrogen) atoms. The number of rotatable bonds is 5. The van der Waals surface area contributed by atoms with Crippen molar-refractivity contribution in [1.29, 1.82) is 5.26 Å². The zero-order chi connectivity index (χ0) is 12.0. The maximum atomic E-state index is 10.7. The highest BCUT2D eigenvalue weighted by Crippen LogP contribution is 2.04. The quantitative estimate of drug-likeness (QED) is 0.743. The third-order valence-electron chi connectivity index (χ3n) is 2.15. The van der Waals surface area contributed by atoms with Crippen molar-refractivity contribution in [3.05, 3.63) is 29.6 Å². The molecule has 1 unspecified atom stereocenters. The number of nitriles is 1. The lowest BCUT2D eigenvalue weighted by Gasteiger charge is -2.11. The standard InChI is InChI=1S/C11H14N4O/c1-8(5-11(13)16)15-7-9-3-2-4-14-10(9)6-12/h2-4,8,15H,5,7H2,1H3,(H2,13,16). The second-order valence-electron chi connectivity index (χ2n) is 3.58. The lowest BCUT2D eigenvalue weighted by atomic mass is 10.1. The molecule has 1 atom stereocenters. The summed E-state index contributed by atoms with van der Waals surface area (Å²) in [7, 11) is 0. The number of primary amides is 1. The fourth-order valence-electron chi connectivity index (χ4n) is 1.34. The molecule has 5 heteroatoms. The minimum absolute atomic E-state index is 0.00995. The number of hydrogen-bond acceptors (Lipinski definition) is 4. The Labute approximate surface area is 94.3 Å². The molecule has 0 saturated carbocycles. The predicted molar refractivity (Wildman–Crippen MR) is 59.1 cm³/mol. The predicted octanol–water partition coefficient (Wildman–Crippen LogP) is 0.307. The highest BCUT2D eigenvalue weighted by molar-refractivity contribution is 5.74. The fraction of sp³-hybridized carbons (Fsp3) is 0.364. The van der Waals surface area contributed by atoms with E-state index < -0.39 is 0 Å². The van der Waals surface area contributed by atoms with Crippen LogP contribution in [-0.2, 0) is 11.3 Å². The molecule has 3 N–H and O–H groups in total.